The molecule has 0 spiro atoms. The van der Waals surface area contributed by atoms with Crippen LogP contribution in [-0.4, -0.2) is 34.0 Å². The molecule has 5 nitrogen and oxygen atoms in total. The summed E-state index contributed by atoms with van der Waals surface area (Å²) in [7, 11) is 0. The third kappa shape index (κ3) is 2.47. The van der Waals surface area contributed by atoms with Gasteiger partial charge in [0.25, 0.3) is 0 Å². The number of likely N-dealkylation sites (tertiary alicyclic amines) is 1. The van der Waals surface area contributed by atoms with Gasteiger partial charge < -0.3 is 9.42 Å². The van der Waals surface area contributed by atoms with Crippen molar-refractivity contribution in [3.63, 3.8) is 0 Å². The van der Waals surface area contributed by atoms with Crippen LogP contribution in [-0.2, 0) is 4.79 Å². The number of amides is 1. The quantitative estimate of drug-likeness (QED) is 0.858. The summed E-state index contributed by atoms with van der Waals surface area (Å²) < 4.78 is 5.50. The monoisotopic (exact) mass is 289 g/mol. The van der Waals surface area contributed by atoms with E-state index >= 15 is 0 Å². The van der Waals surface area contributed by atoms with Crippen LogP contribution >= 0.6 is 0 Å². The lowest BCUT2D eigenvalue weighted by Crippen LogP contribution is -2.40. The minimum Gasteiger partial charge on any atom is -0.342 e. The molecule has 2 heterocycles. The topological polar surface area (TPSA) is 59.2 Å². The zero-order valence-corrected chi connectivity index (χ0v) is 12.8. The summed E-state index contributed by atoms with van der Waals surface area (Å²) in [6.07, 6.45) is 5.37. The molecule has 1 saturated heterocycles. The molecule has 1 aromatic heterocycles. The Kier molecular flexibility index (Phi) is 2.88. The van der Waals surface area contributed by atoms with E-state index in [9.17, 15) is 4.79 Å². The Morgan fingerprint density at radius 2 is 2.10 bits per heavy atom. The first-order valence-electron chi connectivity index (χ1n) is 8.17. The third-order valence-corrected chi connectivity index (χ3v) is 5.29. The summed E-state index contributed by atoms with van der Waals surface area (Å²) in [4.78, 5) is 18.8. The molecule has 2 unspecified atom stereocenters. The summed E-state index contributed by atoms with van der Waals surface area (Å²) in [5.41, 5.74) is 0.321. The number of hydrogen-bond donors (Lipinski definition) is 0. The summed E-state index contributed by atoms with van der Waals surface area (Å²) >= 11 is 0. The van der Waals surface area contributed by atoms with Gasteiger partial charge in [0.1, 0.15) is 0 Å². The molecule has 0 aromatic carbocycles. The van der Waals surface area contributed by atoms with E-state index < -0.39 is 0 Å². The summed E-state index contributed by atoms with van der Waals surface area (Å²) in [5.74, 6) is 2.91. The maximum atomic E-state index is 12.2. The highest BCUT2D eigenvalue weighted by atomic mass is 16.5. The molecule has 2 saturated carbocycles. The predicted molar refractivity (Wildman–Crippen MR) is 76.7 cm³/mol. The molecule has 21 heavy (non-hydrogen) atoms. The smallest absolute Gasteiger partial charge is 0.231 e. The lowest BCUT2D eigenvalue weighted by atomic mass is 9.97. The summed E-state index contributed by atoms with van der Waals surface area (Å²) in [5, 5.41) is 4.18. The Morgan fingerprint density at radius 1 is 1.33 bits per heavy atom. The van der Waals surface area contributed by atoms with Gasteiger partial charge in [-0.25, -0.2) is 0 Å². The van der Waals surface area contributed by atoms with Crippen LogP contribution in [0.25, 0.3) is 0 Å². The Bertz CT molecular complexity index is 562. The minimum absolute atomic E-state index is 0.226. The van der Waals surface area contributed by atoms with Gasteiger partial charge in [-0.05, 0) is 37.5 Å². The number of carbonyl (C=O) groups excluding carboxylic acids is 1. The summed E-state index contributed by atoms with van der Waals surface area (Å²) in [6.45, 7) is 6.13. The normalized spacial score (nSPS) is 31.2. The predicted octanol–water partition coefficient (Wildman–Crippen LogP) is 2.70. The van der Waals surface area contributed by atoms with Crippen LogP contribution in [0.3, 0.4) is 0 Å². The van der Waals surface area contributed by atoms with Gasteiger partial charge in [-0.2, -0.15) is 4.98 Å². The van der Waals surface area contributed by atoms with E-state index in [1.54, 1.807) is 0 Å². The average Bonchev–Trinajstić information content (AvgIpc) is 3.37. The van der Waals surface area contributed by atoms with E-state index in [0.717, 1.165) is 56.9 Å². The van der Waals surface area contributed by atoms with Crippen LogP contribution in [0.15, 0.2) is 4.52 Å². The van der Waals surface area contributed by atoms with Gasteiger partial charge in [0, 0.05) is 24.9 Å². The standard InChI is InChI=1S/C16H23N3O2/c1-16(2)8-12(16)13-17-14(21-18-13)11-4-3-7-19(9-11)15(20)10-5-6-10/h10-12H,3-9H2,1-2H3. The highest BCUT2D eigenvalue weighted by Crippen LogP contribution is 2.57. The maximum Gasteiger partial charge on any atom is 0.231 e. The van der Waals surface area contributed by atoms with E-state index in [4.69, 9.17) is 4.52 Å². The van der Waals surface area contributed by atoms with Crippen molar-refractivity contribution in [2.45, 2.75) is 57.8 Å². The fourth-order valence-electron chi connectivity index (χ4n) is 3.43. The molecule has 2 aliphatic carbocycles. The molecule has 114 valence electrons. The van der Waals surface area contributed by atoms with Crippen molar-refractivity contribution in [3.8, 4) is 0 Å². The molecule has 0 bridgehead atoms. The van der Waals surface area contributed by atoms with E-state index in [2.05, 4.69) is 24.0 Å². The number of aromatic nitrogens is 2. The van der Waals surface area contributed by atoms with Crippen molar-refractivity contribution in [2.24, 2.45) is 11.3 Å². The molecule has 4 rings (SSSR count). The van der Waals surface area contributed by atoms with Crippen LogP contribution in [0.5, 0.6) is 0 Å². The van der Waals surface area contributed by atoms with Gasteiger partial charge >= 0.3 is 0 Å². The third-order valence-electron chi connectivity index (χ3n) is 5.29. The molecular formula is C16H23N3O2. The van der Waals surface area contributed by atoms with Crippen molar-refractivity contribution in [1.82, 2.24) is 15.0 Å². The number of piperidine rings is 1. The number of rotatable bonds is 3. The fourth-order valence-corrected chi connectivity index (χ4v) is 3.43. The van der Waals surface area contributed by atoms with E-state index in [1.807, 2.05) is 4.90 Å². The van der Waals surface area contributed by atoms with E-state index in [-0.39, 0.29) is 5.92 Å². The SMILES string of the molecule is CC1(C)CC1c1noc(C2CCCN(C(=O)C3CC3)C2)n1. The fraction of sp³-hybridized carbons (Fsp3) is 0.812. The van der Waals surface area contributed by atoms with Crippen molar-refractivity contribution in [2.75, 3.05) is 13.1 Å². The van der Waals surface area contributed by atoms with Gasteiger partial charge in [-0.3, -0.25) is 4.79 Å². The lowest BCUT2D eigenvalue weighted by Gasteiger charge is -2.31. The molecule has 3 fully saturated rings. The zero-order valence-electron chi connectivity index (χ0n) is 12.8. The Hall–Kier alpha value is -1.39. The van der Waals surface area contributed by atoms with Gasteiger partial charge in [0.2, 0.25) is 11.8 Å². The summed E-state index contributed by atoms with van der Waals surface area (Å²) in [6, 6.07) is 0. The van der Waals surface area contributed by atoms with Crippen LogP contribution < -0.4 is 0 Å². The molecule has 2 atom stereocenters. The highest BCUT2D eigenvalue weighted by Gasteiger charge is 2.49. The number of hydrogen-bond acceptors (Lipinski definition) is 4. The Balaban J connectivity index is 1.44. The van der Waals surface area contributed by atoms with Gasteiger partial charge in [0.05, 0.1) is 5.92 Å². The largest absolute Gasteiger partial charge is 0.342 e. The average molecular weight is 289 g/mol. The molecule has 0 N–H and O–H groups in total. The van der Waals surface area contributed by atoms with Gasteiger partial charge in [0.15, 0.2) is 5.82 Å². The first kappa shape index (κ1) is 13.3. The molecular weight excluding hydrogens is 266 g/mol. The van der Waals surface area contributed by atoms with Gasteiger partial charge in [-0.15, -0.1) is 0 Å². The van der Waals surface area contributed by atoms with E-state index in [1.165, 1.54) is 0 Å². The van der Waals surface area contributed by atoms with E-state index in [0.29, 0.717) is 23.2 Å². The molecule has 1 amide bonds. The van der Waals surface area contributed by atoms with Gasteiger partial charge in [-0.1, -0.05) is 19.0 Å². The van der Waals surface area contributed by atoms with Crippen LogP contribution in [0.4, 0.5) is 0 Å². The first-order valence-corrected chi connectivity index (χ1v) is 8.17. The van der Waals surface area contributed by atoms with Crippen molar-refractivity contribution in [1.29, 1.82) is 0 Å². The van der Waals surface area contributed by atoms with Crippen molar-refractivity contribution in [3.05, 3.63) is 11.7 Å². The van der Waals surface area contributed by atoms with Crippen LogP contribution in [0.2, 0.25) is 0 Å². The number of carbonyl (C=O) groups is 1. The Morgan fingerprint density at radius 3 is 2.76 bits per heavy atom. The van der Waals surface area contributed by atoms with Crippen LogP contribution in [0.1, 0.15) is 69.5 Å². The first-order chi connectivity index (χ1) is 10.0. The van der Waals surface area contributed by atoms with Crippen LogP contribution in [0, 0.1) is 11.3 Å². The minimum atomic E-state index is 0.226. The number of nitrogens with zero attached hydrogens (tertiary/aromatic N) is 3. The molecule has 0 radical (unpaired) electrons. The second-order valence-electron chi connectivity index (χ2n) is 7.63. The second-order valence-corrected chi connectivity index (χ2v) is 7.63. The lowest BCUT2D eigenvalue weighted by molar-refractivity contribution is -0.133. The Labute approximate surface area is 125 Å². The highest BCUT2D eigenvalue weighted by molar-refractivity contribution is 5.81. The maximum absolute atomic E-state index is 12.2. The second kappa shape index (κ2) is 4.55. The molecule has 5 heteroatoms. The molecule has 1 aromatic rings. The molecule has 3 aliphatic rings. The van der Waals surface area contributed by atoms with Crippen molar-refractivity contribution < 1.29 is 9.32 Å². The molecule has 1 aliphatic heterocycles. The zero-order chi connectivity index (χ0) is 14.6. The van der Waals surface area contributed by atoms with Crippen molar-refractivity contribution >= 4 is 5.91 Å².